The fraction of sp³-hybridized carbons (Fsp3) is 0.200. The lowest BCUT2D eigenvalue weighted by Crippen LogP contribution is -2.08. The third-order valence-electron chi connectivity index (χ3n) is 2.85. The standard InChI is InChI=1S/C15H17N3/c1-10(2)13-5-6-14(11(3)7-13)18-15-8-12(4)16-9-17-15/h5-6,8-9H,1,3,7H2,2,4H3,(H,16,17,18). The van der Waals surface area contributed by atoms with Crippen molar-refractivity contribution in [2.24, 2.45) is 0 Å². The fourth-order valence-electron chi connectivity index (χ4n) is 1.77. The molecule has 0 amide bonds. The summed E-state index contributed by atoms with van der Waals surface area (Å²) < 4.78 is 0. The van der Waals surface area contributed by atoms with Crippen LogP contribution in [0.3, 0.4) is 0 Å². The van der Waals surface area contributed by atoms with Crippen LogP contribution in [0.25, 0.3) is 0 Å². The molecule has 3 nitrogen and oxygen atoms in total. The lowest BCUT2D eigenvalue weighted by Gasteiger charge is -2.18. The Balaban J connectivity index is 2.20. The Hall–Kier alpha value is -2.16. The molecular weight excluding hydrogens is 222 g/mol. The highest BCUT2D eigenvalue weighted by Gasteiger charge is 2.11. The molecule has 0 atom stereocenters. The number of rotatable bonds is 3. The Morgan fingerprint density at radius 1 is 1.33 bits per heavy atom. The molecule has 0 saturated heterocycles. The van der Waals surface area contributed by atoms with E-state index in [1.54, 1.807) is 6.33 Å². The molecule has 1 aliphatic rings. The lowest BCUT2D eigenvalue weighted by atomic mass is 9.94. The lowest BCUT2D eigenvalue weighted by molar-refractivity contribution is 1.07. The van der Waals surface area contributed by atoms with Gasteiger partial charge in [0.1, 0.15) is 12.1 Å². The summed E-state index contributed by atoms with van der Waals surface area (Å²) in [6.07, 6.45) is 6.48. The predicted octanol–water partition coefficient (Wildman–Crippen LogP) is 3.54. The molecule has 0 saturated carbocycles. The molecule has 1 aromatic rings. The van der Waals surface area contributed by atoms with E-state index in [9.17, 15) is 0 Å². The smallest absolute Gasteiger partial charge is 0.133 e. The van der Waals surface area contributed by atoms with Crippen LogP contribution in [0, 0.1) is 6.92 Å². The van der Waals surface area contributed by atoms with Crippen LogP contribution in [-0.4, -0.2) is 9.97 Å². The van der Waals surface area contributed by atoms with Gasteiger partial charge in [0.25, 0.3) is 0 Å². The van der Waals surface area contributed by atoms with Gasteiger partial charge in [0.2, 0.25) is 0 Å². The highest BCUT2D eigenvalue weighted by molar-refractivity contribution is 5.54. The molecule has 0 aromatic carbocycles. The summed E-state index contributed by atoms with van der Waals surface area (Å²) in [6.45, 7) is 12.0. The van der Waals surface area contributed by atoms with Crippen molar-refractivity contribution in [3.63, 3.8) is 0 Å². The number of aromatic nitrogens is 2. The maximum atomic E-state index is 4.18. The normalized spacial score (nSPS) is 14.9. The molecule has 1 aliphatic carbocycles. The summed E-state index contributed by atoms with van der Waals surface area (Å²) in [5.74, 6) is 0.794. The summed E-state index contributed by atoms with van der Waals surface area (Å²) in [6, 6.07) is 1.91. The summed E-state index contributed by atoms with van der Waals surface area (Å²) in [5.41, 5.74) is 5.30. The van der Waals surface area contributed by atoms with E-state index in [-0.39, 0.29) is 0 Å². The van der Waals surface area contributed by atoms with E-state index < -0.39 is 0 Å². The van der Waals surface area contributed by atoms with E-state index in [0.717, 1.165) is 34.8 Å². The molecule has 0 radical (unpaired) electrons. The molecule has 1 N–H and O–H groups in total. The van der Waals surface area contributed by atoms with Gasteiger partial charge in [-0.1, -0.05) is 24.8 Å². The number of allylic oxidation sites excluding steroid dienone is 5. The van der Waals surface area contributed by atoms with E-state index in [1.165, 1.54) is 5.57 Å². The molecule has 0 bridgehead atoms. The zero-order valence-electron chi connectivity index (χ0n) is 10.8. The minimum absolute atomic E-state index is 0.794. The average molecular weight is 239 g/mol. The first-order chi connectivity index (χ1) is 8.56. The number of nitrogens with one attached hydrogen (secondary N) is 1. The number of hydrogen-bond acceptors (Lipinski definition) is 3. The van der Waals surface area contributed by atoms with Gasteiger partial charge in [-0.2, -0.15) is 0 Å². The maximum absolute atomic E-state index is 4.18. The van der Waals surface area contributed by atoms with Crippen molar-refractivity contribution >= 4 is 5.82 Å². The van der Waals surface area contributed by atoms with Crippen molar-refractivity contribution in [2.75, 3.05) is 5.32 Å². The van der Waals surface area contributed by atoms with Gasteiger partial charge in [-0.3, -0.25) is 0 Å². The third kappa shape index (κ3) is 2.74. The number of hydrogen-bond donors (Lipinski definition) is 1. The molecule has 0 aliphatic heterocycles. The second-order valence-corrected chi connectivity index (χ2v) is 4.50. The Morgan fingerprint density at radius 3 is 2.72 bits per heavy atom. The van der Waals surface area contributed by atoms with Crippen molar-refractivity contribution < 1.29 is 0 Å². The van der Waals surface area contributed by atoms with Crippen LogP contribution in [0.1, 0.15) is 19.0 Å². The Kier molecular flexibility index (Phi) is 3.42. The molecule has 1 aromatic heterocycles. The number of nitrogens with zero attached hydrogens (tertiary/aromatic N) is 2. The third-order valence-corrected chi connectivity index (χ3v) is 2.85. The van der Waals surface area contributed by atoms with Crippen LogP contribution < -0.4 is 5.32 Å². The SMILES string of the molecule is C=C(C)C1=CC=C(Nc2cc(C)ncn2)C(=C)C1. The van der Waals surface area contributed by atoms with Crippen LogP contribution in [0.4, 0.5) is 5.82 Å². The van der Waals surface area contributed by atoms with Crippen molar-refractivity contribution in [1.29, 1.82) is 0 Å². The van der Waals surface area contributed by atoms with Gasteiger partial charge in [-0.05, 0) is 37.5 Å². The zero-order chi connectivity index (χ0) is 13.1. The number of aryl methyl sites for hydroxylation is 1. The van der Waals surface area contributed by atoms with E-state index in [4.69, 9.17) is 0 Å². The van der Waals surface area contributed by atoms with Gasteiger partial charge in [-0.25, -0.2) is 9.97 Å². The summed E-state index contributed by atoms with van der Waals surface area (Å²) in [4.78, 5) is 8.25. The van der Waals surface area contributed by atoms with Gasteiger partial charge in [0.05, 0.1) is 0 Å². The second kappa shape index (κ2) is 5.00. The monoisotopic (exact) mass is 239 g/mol. The van der Waals surface area contributed by atoms with E-state index in [2.05, 4.69) is 34.5 Å². The predicted molar refractivity (Wildman–Crippen MR) is 75.1 cm³/mol. The first-order valence-electron chi connectivity index (χ1n) is 5.87. The summed E-state index contributed by atoms with van der Waals surface area (Å²) in [5, 5.41) is 3.27. The minimum atomic E-state index is 0.794. The molecule has 1 heterocycles. The highest BCUT2D eigenvalue weighted by Crippen LogP contribution is 2.27. The van der Waals surface area contributed by atoms with E-state index >= 15 is 0 Å². The van der Waals surface area contributed by atoms with Crippen molar-refractivity contribution in [3.8, 4) is 0 Å². The van der Waals surface area contributed by atoms with Gasteiger partial charge in [0.15, 0.2) is 0 Å². The van der Waals surface area contributed by atoms with Crippen molar-refractivity contribution in [2.45, 2.75) is 20.3 Å². The van der Waals surface area contributed by atoms with E-state index in [1.807, 2.05) is 26.0 Å². The quantitative estimate of drug-likeness (QED) is 0.876. The van der Waals surface area contributed by atoms with Crippen LogP contribution in [0.2, 0.25) is 0 Å². The van der Waals surface area contributed by atoms with Crippen LogP contribution in [0.15, 0.2) is 60.1 Å². The van der Waals surface area contributed by atoms with Gasteiger partial charge in [-0.15, -0.1) is 0 Å². The Labute approximate surface area is 108 Å². The summed E-state index contributed by atoms with van der Waals surface area (Å²) in [7, 11) is 0. The maximum Gasteiger partial charge on any atom is 0.133 e. The molecule has 0 spiro atoms. The summed E-state index contributed by atoms with van der Waals surface area (Å²) >= 11 is 0. The van der Waals surface area contributed by atoms with Crippen LogP contribution in [-0.2, 0) is 0 Å². The molecule has 2 rings (SSSR count). The first-order valence-corrected chi connectivity index (χ1v) is 5.87. The van der Waals surface area contributed by atoms with Gasteiger partial charge < -0.3 is 5.32 Å². The average Bonchev–Trinajstić information content (AvgIpc) is 2.31. The Morgan fingerprint density at radius 2 is 2.11 bits per heavy atom. The minimum Gasteiger partial charge on any atom is -0.340 e. The largest absolute Gasteiger partial charge is 0.340 e. The molecule has 0 fully saturated rings. The second-order valence-electron chi connectivity index (χ2n) is 4.50. The molecule has 18 heavy (non-hydrogen) atoms. The topological polar surface area (TPSA) is 37.8 Å². The molecule has 0 unspecified atom stereocenters. The van der Waals surface area contributed by atoms with E-state index in [0.29, 0.717) is 0 Å². The molecular formula is C15H17N3. The fourth-order valence-corrected chi connectivity index (χ4v) is 1.77. The van der Waals surface area contributed by atoms with Gasteiger partial charge in [0, 0.05) is 17.5 Å². The van der Waals surface area contributed by atoms with Crippen LogP contribution in [0.5, 0.6) is 0 Å². The molecule has 92 valence electrons. The Bertz CT molecular complexity index is 565. The van der Waals surface area contributed by atoms with Crippen molar-refractivity contribution in [1.82, 2.24) is 9.97 Å². The highest BCUT2D eigenvalue weighted by atomic mass is 15.0. The van der Waals surface area contributed by atoms with Crippen molar-refractivity contribution in [3.05, 3.63) is 65.8 Å². The van der Waals surface area contributed by atoms with Gasteiger partial charge >= 0.3 is 0 Å². The molecule has 3 heteroatoms. The number of anilines is 1. The zero-order valence-corrected chi connectivity index (χ0v) is 10.8. The van der Waals surface area contributed by atoms with Crippen LogP contribution >= 0.6 is 0 Å². The first kappa shape index (κ1) is 12.3.